The van der Waals surface area contributed by atoms with E-state index in [0.717, 1.165) is 0 Å². The van der Waals surface area contributed by atoms with Crippen LogP contribution < -0.4 is 0 Å². The van der Waals surface area contributed by atoms with E-state index in [2.05, 4.69) is 0 Å². The summed E-state index contributed by atoms with van der Waals surface area (Å²) in [6.07, 6.45) is 2.62. The summed E-state index contributed by atoms with van der Waals surface area (Å²) in [4.78, 5) is 0. The van der Waals surface area contributed by atoms with E-state index in [1.165, 1.54) is 12.3 Å². The number of allylic oxidation sites excluding steroid dienone is 1. The first kappa shape index (κ1) is 13.0. The molecular formula is C12H10N2O2S. The van der Waals surface area contributed by atoms with Crippen LogP contribution in [0, 0.1) is 22.7 Å². The molecule has 1 rings (SSSR count). The lowest BCUT2D eigenvalue weighted by Gasteiger charge is -1.99. The smallest absolute Gasteiger partial charge is 0.151 e. The van der Waals surface area contributed by atoms with Gasteiger partial charge in [-0.1, -0.05) is 24.3 Å². The molecule has 0 atom stereocenters. The average Bonchev–Trinajstić information content (AvgIpc) is 2.26. The fourth-order valence-corrected chi connectivity index (χ4v) is 2.07. The van der Waals surface area contributed by atoms with Crippen LogP contribution in [-0.2, 0) is 15.6 Å². The third-order valence-corrected chi connectivity index (χ3v) is 2.82. The molecule has 86 valence electrons. The molecule has 0 heterocycles. The number of nitrogens with zero attached hydrogens (tertiary/aromatic N) is 2. The van der Waals surface area contributed by atoms with E-state index in [0.29, 0.717) is 11.1 Å². The first-order valence-electron chi connectivity index (χ1n) is 4.73. The third-order valence-electron chi connectivity index (χ3n) is 1.96. The molecule has 0 amide bonds. The quantitative estimate of drug-likeness (QED) is 0.759. The van der Waals surface area contributed by atoms with Crippen LogP contribution in [0.2, 0.25) is 0 Å². The van der Waals surface area contributed by atoms with Crippen LogP contribution in [-0.4, -0.2) is 14.7 Å². The third kappa shape index (κ3) is 4.50. The van der Waals surface area contributed by atoms with Crippen LogP contribution in [0.4, 0.5) is 0 Å². The van der Waals surface area contributed by atoms with Gasteiger partial charge in [-0.2, -0.15) is 10.5 Å². The Morgan fingerprint density at radius 2 is 1.76 bits per heavy atom. The molecule has 0 radical (unpaired) electrons. The van der Waals surface area contributed by atoms with Gasteiger partial charge in [0.05, 0.1) is 5.75 Å². The van der Waals surface area contributed by atoms with Crippen molar-refractivity contribution in [3.05, 3.63) is 41.0 Å². The Kier molecular flexibility index (Phi) is 4.03. The van der Waals surface area contributed by atoms with Crippen LogP contribution in [0.1, 0.15) is 11.1 Å². The molecule has 0 aliphatic heterocycles. The fraction of sp³-hybridized carbons (Fsp3) is 0.167. The van der Waals surface area contributed by atoms with Crippen molar-refractivity contribution in [3.8, 4) is 12.1 Å². The summed E-state index contributed by atoms with van der Waals surface area (Å²) >= 11 is 0. The van der Waals surface area contributed by atoms with Crippen molar-refractivity contribution >= 4 is 15.9 Å². The summed E-state index contributed by atoms with van der Waals surface area (Å²) in [5, 5.41) is 17.1. The second-order valence-corrected chi connectivity index (χ2v) is 5.73. The first-order valence-corrected chi connectivity index (χ1v) is 6.79. The maximum Gasteiger partial charge on any atom is 0.151 e. The summed E-state index contributed by atoms with van der Waals surface area (Å²) in [6, 6.07) is 10.2. The summed E-state index contributed by atoms with van der Waals surface area (Å²) in [5.74, 6) is -0.0135. The van der Waals surface area contributed by atoms with E-state index >= 15 is 0 Å². The molecule has 0 saturated carbocycles. The Morgan fingerprint density at radius 1 is 1.24 bits per heavy atom. The first-order chi connectivity index (χ1) is 7.94. The molecule has 1 aromatic carbocycles. The monoisotopic (exact) mass is 246 g/mol. The summed E-state index contributed by atoms with van der Waals surface area (Å²) in [6.45, 7) is 0. The van der Waals surface area contributed by atoms with Gasteiger partial charge in [-0.25, -0.2) is 8.42 Å². The van der Waals surface area contributed by atoms with E-state index in [-0.39, 0.29) is 11.3 Å². The van der Waals surface area contributed by atoms with Crippen LogP contribution in [0.5, 0.6) is 0 Å². The maximum absolute atomic E-state index is 11.1. The molecule has 0 unspecified atom stereocenters. The second-order valence-electron chi connectivity index (χ2n) is 3.59. The van der Waals surface area contributed by atoms with Gasteiger partial charge in [0.1, 0.15) is 17.7 Å². The second kappa shape index (κ2) is 5.29. The number of hydrogen-bond donors (Lipinski definition) is 0. The van der Waals surface area contributed by atoms with Gasteiger partial charge in [0.25, 0.3) is 0 Å². The minimum Gasteiger partial charge on any atom is -0.229 e. The molecule has 0 aliphatic rings. The molecule has 0 bridgehead atoms. The van der Waals surface area contributed by atoms with Crippen molar-refractivity contribution in [2.24, 2.45) is 0 Å². The van der Waals surface area contributed by atoms with Gasteiger partial charge in [0, 0.05) is 6.26 Å². The minimum absolute atomic E-state index is 0.0135. The fourth-order valence-electron chi connectivity index (χ4n) is 1.27. The molecule has 0 aliphatic carbocycles. The number of benzene rings is 1. The normalized spacial score (nSPS) is 10.1. The molecule has 0 N–H and O–H groups in total. The van der Waals surface area contributed by atoms with Crippen molar-refractivity contribution in [1.29, 1.82) is 10.5 Å². The molecule has 5 heteroatoms. The van der Waals surface area contributed by atoms with E-state index in [1.54, 1.807) is 36.4 Å². The molecule has 0 fully saturated rings. The average molecular weight is 246 g/mol. The van der Waals surface area contributed by atoms with Crippen molar-refractivity contribution in [1.82, 2.24) is 0 Å². The standard InChI is InChI=1S/C12H10N2O2S/c1-17(15,16)9-11-4-2-10(3-5-11)6-12(7-13)8-14/h2-6H,9H2,1H3. The highest BCUT2D eigenvalue weighted by Gasteiger charge is 2.03. The van der Waals surface area contributed by atoms with Gasteiger partial charge < -0.3 is 0 Å². The van der Waals surface area contributed by atoms with E-state index < -0.39 is 9.84 Å². The number of nitriles is 2. The Morgan fingerprint density at radius 3 is 2.18 bits per heavy atom. The zero-order valence-electron chi connectivity index (χ0n) is 9.21. The van der Waals surface area contributed by atoms with Crippen LogP contribution in [0.15, 0.2) is 29.8 Å². The van der Waals surface area contributed by atoms with Gasteiger partial charge in [0.15, 0.2) is 9.84 Å². The van der Waals surface area contributed by atoms with E-state index in [4.69, 9.17) is 10.5 Å². The van der Waals surface area contributed by atoms with Gasteiger partial charge in [-0.3, -0.25) is 0 Å². The number of hydrogen-bond acceptors (Lipinski definition) is 4. The molecule has 0 saturated heterocycles. The maximum atomic E-state index is 11.1. The van der Waals surface area contributed by atoms with Crippen molar-refractivity contribution in [3.63, 3.8) is 0 Å². The number of rotatable bonds is 3. The lowest BCUT2D eigenvalue weighted by atomic mass is 10.1. The van der Waals surface area contributed by atoms with Crippen molar-refractivity contribution in [2.45, 2.75) is 5.75 Å². The zero-order valence-corrected chi connectivity index (χ0v) is 10.0. The van der Waals surface area contributed by atoms with Crippen LogP contribution in [0.25, 0.3) is 6.08 Å². The Balaban J connectivity index is 2.95. The zero-order chi connectivity index (χ0) is 12.9. The highest BCUT2D eigenvalue weighted by molar-refractivity contribution is 7.89. The molecule has 4 nitrogen and oxygen atoms in total. The summed E-state index contributed by atoms with van der Waals surface area (Å²) in [5.41, 5.74) is 1.39. The van der Waals surface area contributed by atoms with Crippen LogP contribution >= 0.6 is 0 Å². The van der Waals surface area contributed by atoms with E-state index in [9.17, 15) is 8.42 Å². The van der Waals surface area contributed by atoms with Crippen molar-refractivity contribution < 1.29 is 8.42 Å². The predicted octanol–water partition coefficient (Wildman–Crippen LogP) is 1.66. The predicted molar refractivity (Wildman–Crippen MR) is 64.2 cm³/mol. The number of sulfone groups is 1. The Labute approximate surface area is 100 Å². The van der Waals surface area contributed by atoms with Gasteiger partial charge >= 0.3 is 0 Å². The largest absolute Gasteiger partial charge is 0.229 e. The molecule has 1 aromatic rings. The topological polar surface area (TPSA) is 81.7 Å². The Bertz CT molecular complexity index is 598. The highest BCUT2D eigenvalue weighted by atomic mass is 32.2. The van der Waals surface area contributed by atoms with Gasteiger partial charge in [-0.15, -0.1) is 0 Å². The van der Waals surface area contributed by atoms with E-state index in [1.807, 2.05) is 0 Å². The van der Waals surface area contributed by atoms with Crippen molar-refractivity contribution in [2.75, 3.05) is 6.26 Å². The van der Waals surface area contributed by atoms with Gasteiger partial charge in [-0.05, 0) is 17.2 Å². The molecule has 17 heavy (non-hydrogen) atoms. The lowest BCUT2D eigenvalue weighted by Crippen LogP contribution is -2.00. The molecule has 0 spiro atoms. The summed E-state index contributed by atoms with van der Waals surface area (Å²) < 4.78 is 22.1. The highest BCUT2D eigenvalue weighted by Crippen LogP contribution is 2.10. The van der Waals surface area contributed by atoms with Crippen LogP contribution in [0.3, 0.4) is 0 Å². The summed E-state index contributed by atoms with van der Waals surface area (Å²) in [7, 11) is -3.04. The minimum atomic E-state index is -3.04. The SMILES string of the molecule is CS(=O)(=O)Cc1ccc(C=C(C#N)C#N)cc1. The molecule has 0 aromatic heterocycles. The van der Waals surface area contributed by atoms with Gasteiger partial charge in [0.2, 0.25) is 0 Å². The molecular weight excluding hydrogens is 236 g/mol. The Hall–Kier alpha value is -2.11. The lowest BCUT2D eigenvalue weighted by molar-refractivity contribution is 0.601.